The Morgan fingerprint density at radius 3 is 2.31 bits per heavy atom. The van der Waals surface area contributed by atoms with Gasteiger partial charge < -0.3 is 10.6 Å². The van der Waals surface area contributed by atoms with E-state index < -0.39 is 17.5 Å². The molecule has 140 valence electrons. The number of amides is 4. The number of carbonyl (C=O) groups excluding carboxylic acids is 3. The van der Waals surface area contributed by atoms with Crippen LogP contribution in [0.5, 0.6) is 0 Å². The maximum absolute atomic E-state index is 12.9. The van der Waals surface area contributed by atoms with Crippen LogP contribution >= 0.6 is 31.9 Å². The predicted octanol–water partition coefficient (Wildman–Crippen LogP) is 4.10. The van der Waals surface area contributed by atoms with Crippen LogP contribution in [-0.2, 0) is 9.59 Å². The molecule has 1 aromatic rings. The summed E-state index contributed by atoms with van der Waals surface area (Å²) in [5.41, 5.74) is 0.793. The molecule has 1 heterocycles. The number of nitrogens with zero attached hydrogens (tertiary/aromatic N) is 1. The Balaban J connectivity index is 1.71. The Morgan fingerprint density at radius 2 is 1.73 bits per heavy atom. The van der Waals surface area contributed by atoms with Crippen molar-refractivity contribution >= 4 is 55.4 Å². The Hall–Kier alpha value is -1.41. The molecule has 0 unspecified atom stereocenters. The first kappa shape index (κ1) is 19.4. The number of carbonyl (C=O) groups is 3. The maximum atomic E-state index is 12.9. The van der Waals surface area contributed by atoms with Gasteiger partial charge in [0.2, 0.25) is 5.91 Å². The van der Waals surface area contributed by atoms with Gasteiger partial charge >= 0.3 is 6.03 Å². The summed E-state index contributed by atoms with van der Waals surface area (Å²) in [4.78, 5) is 38.7. The summed E-state index contributed by atoms with van der Waals surface area (Å²) >= 11 is 6.85. The second kappa shape index (κ2) is 7.68. The lowest BCUT2D eigenvalue weighted by Crippen LogP contribution is -2.47. The Bertz CT molecular complexity index is 735. The monoisotopic (exact) mass is 485 g/mol. The van der Waals surface area contributed by atoms with Gasteiger partial charge in [0, 0.05) is 8.95 Å². The number of benzene rings is 1. The van der Waals surface area contributed by atoms with E-state index in [0.717, 1.165) is 45.1 Å². The molecule has 8 heteroatoms. The van der Waals surface area contributed by atoms with E-state index in [2.05, 4.69) is 42.5 Å². The van der Waals surface area contributed by atoms with Gasteiger partial charge in [-0.3, -0.25) is 14.5 Å². The van der Waals surface area contributed by atoms with E-state index in [1.807, 2.05) is 19.1 Å². The zero-order valence-electron chi connectivity index (χ0n) is 14.5. The summed E-state index contributed by atoms with van der Waals surface area (Å²) in [6.45, 7) is 1.65. The van der Waals surface area contributed by atoms with Crippen LogP contribution in [0.2, 0.25) is 0 Å². The molecule has 0 atom stereocenters. The number of hydrogen-bond acceptors (Lipinski definition) is 3. The zero-order valence-corrected chi connectivity index (χ0v) is 17.7. The first-order valence-electron chi connectivity index (χ1n) is 8.72. The number of aryl methyl sites for hydroxylation is 1. The van der Waals surface area contributed by atoms with Gasteiger partial charge in [-0.1, -0.05) is 25.7 Å². The van der Waals surface area contributed by atoms with Crippen molar-refractivity contribution < 1.29 is 14.4 Å². The van der Waals surface area contributed by atoms with Crippen molar-refractivity contribution in [3.63, 3.8) is 0 Å². The fourth-order valence-electron chi connectivity index (χ4n) is 3.63. The van der Waals surface area contributed by atoms with Crippen LogP contribution in [0.4, 0.5) is 10.5 Å². The first-order valence-corrected chi connectivity index (χ1v) is 10.3. The van der Waals surface area contributed by atoms with Crippen molar-refractivity contribution in [1.82, 2.24) is 10.2 Å². The molecule has 26 heavy (non-hydrogen) atoms. The van der Waals surface area contributed by atoms with Gasteiger partial charge in [-0.25, -0.2) is 4.79 Å². The minimum atomic E-state index is -0.821. The van der Waals surface area contributed by atoms with E-state index in [0.29, 0.717) is 18.5 Å². The van der Waals surface area contributed by atoms with E-state index in [4.69, 9.17) is 0 Å². The number of halogens is 2. The molecule has 0 aromatic heterocycles. The highest BCUT2D eigenvalue weighted by Gasteiger charge is 2.51. The van der Waals surface area contributed by atoms with E-state index >= 15 is 0 Å². The lowest BCUT2D eigenvalue weighted by molar-refractivity contribution is -0.134. The molecule has 4 amide bonds. The number of rotatable bonds is 3. The third-order valence-corrected chi connectivity index (χ3v) is 6.21. The van der Waals surface area contributed by atoms with E-state index in [-0.39, 0.29) is 12.5 Å². The standard InChI is InChI=1S/C18H21Br2N3O3/c1-11-8-12(19)15(13(20)9-11)21-14(24)10-23-16(25)18(22-17(23)26)6-4-2-3-5-7-18/h8-9H,2-7,10H2,1H3,(H,21,24)(H,22,26). The smallest absolute Gasteiger partial charge is 0.323 e. The van der Waals surface area contributed by atoms with Crippen LogP contribution in [0.3, 0.4) is 0 Å². The van der Waals surface area contributed by atoms with Crippen molar-refractivity contribution in [3.8, 4) is 0 Å². The fourth-order valence-corrected chi connectivity index (χ4v) is 5.25. The van der Waals surface area contributed by atoms with E-state index in [1.54, 1.807) is 0 Å². The van der Waals surface area contributed by atoms with Crippen LogP contribution < -0.4 is 10.6 Å². The number of hydrogen-bond donors (Lipinski definition) is 2. The van der Waals surface area contributed by atoms with Crippen molar-refractivity contribution in [1.29, 1.82) is 0 Å². The minimum absolute atomic E-state index is 0.276. The summed E-state index contributed by atoms with van der Waals surface area (Å²) in [6, 6.07) is 3.29. The van der Waals surface area contributed by atoms with Gasteiger partial charge in [-0.15, -0.1) is 0 Å². The van der Waals surface area contributed by atoms with E-state index in [1.165, 1.54) is 0 Å². The summed E-state index contributed by atoms with van der Waals surface area (Å²) in [5.74, 6) is -0.689. The molecule has 6 nitrogen and oxygen atoms in total. The molecule has 3 rings (SSSR count). The third kappa shape index (κ3) is 3.81. The average molecular weight is 487 g/mol. The van der Waals surface area contributed by atoms with Crippen LogP contribution in [0.15, 0.2) is 21.1 Å². The van der Waals surface area contributed by atoms with Crippen molar-refractivity contribution in [2.24, 2.45) is 0 Å². The predicted molar refractivity (Wildman–Crippen MR) is 106 cm³/mol. The largest absolute Gasteiger partial charge is 0.325 e. The quantitative estimate of drug-likeness (QED) is 0.631. The van der Waals surface area contributed by atoms with Crippen LogP contribution in [0.1, 0.15) is 44.1 Å². The summed E-state index contributed by atoms with van der Waals surface area (Å²) in [5, 5.41) is 5.62. The molecule has 1 saturated carbocycles. The highest BCUT2D eigenvalue weighted by Crippen LogP contribution is 2.34. The van der Waals surface area contributed by atoms with Gasteiger partial charge in [0.05, 0.1) is 5.69 Å². The highest BCUT2D eigenvalue weighted by atomic mass is 79.9. The molecule has 1 saturated heterocycles. The lowest BCUT2D eigenvalue weighted by atomic mass is 9.90. The van der Waals surface area contributed by atoms with Gasteiger partial charge in [-0.05, 0) is 69.3 Å². The second-order valence-corrected chi connectivity index (χ2v) is 8.68. The molecular weight excluding hydrogens is 466 g/mol. The maximum Gasteiger partial charge on any atom is 0.325 e. The summed E-state index contributed by atoms with van der Waals surface area (Å²) in [7, 11) is 0. The summed E-state index contributed by atoms with van der Waals surface area (Å²) in [6.07, 6.45) is 5.25. The van der Waals surface area contributed by atoms with Gasteiger partial charge in [0.15, 0.2) is 0 Å². The first-order chi connectivity index (χ1) is 12.3. The molecule has 0 bridgehead atoms. The Kier molecular flexibility index (Phi) is 5.72. The summed E-state index contributed by atoms with van der Waals surface area (Å²) < 4.78 is 1.46. The fraction of sp³-hybridized carbons (Fsp3) is 0.500. The average Bonchev–Trinajstić information content (AvgIpc) is 2.73. The van der Waals surface area contributed by atoms with Crippen molar-refractivity contribution in [2.45, 2.75) is 51.0 Å². The SMILES string of the molecule is Cc1cc(Br)c(NC(=O)CN2C(=O)NC3(CCCCCC3)C2=O)c(Br)c1. The Labute approximate surface area is 169 Å². The van der Waals surface area contributed by atoms with Crippen LogP contribution in [-0.4, -0.2) is 34.8 Å². The number of imide groups is 1. The van der Waals surface area contributed by atoms with Crippen LogP contribution in [0, 0.1) is 6.92 Å². The molecule has 1 aliphatic carbocycles. The normalized spacial score (nSPS) is 19.4. The molecule has 1 spiro atoms. The number of urea groups is 1. The molecule has 2 N–H and O–H groups in total. The van der Waals surface area contributed by atoms with Gasteiger partial charge in [-0.2, -0.15) is 0 Å². The van der Waals surface area contributed by atoms with Gasteiger partial charge in [0.25, 0.3) is 5.91 Å². The molecule has 2 aliphatic rings. The number of anilines is 1. The zero-order chi connectivity index (χ0) is 18.9. The topological polar surface area (TPSA) is 78.5 Å². The number of nitrogens with one attached hydrogen (secondary N) is 2. The third-order valence-electron chi connectivity index (χ3n) is 4.96. The van der Waals surface area contributed by atoms with Crippen molar-refractivity contribution in [2.75, 3.05) is 11.9 Å². The molecule has 1 aromatic carbocycles. The van der Waals surface area contributed by atoms with E-state index in [9.17, 15) is 14.4 Å². The van der Waals surface area contributed by atoms with Crippen molar-refractivity contribution in [3.05, 3.63) is 26.6 Å². The molecule has 1 aliphatic heterocycles. The second-order valence-electron chi connectivity index (χ2n) is 6.97. The molecule has 2 fully saturated rings. The minimum Gasteiger partial charge on any atom is -0.323 e. The highest BCUT2D eigenvalue weighted by molar-refractivity contribution is 9.11. The molecule has 0 radical (unpaired) electrons. The van der Waals surface area contributed by atoms with Crippen LogP contribution in [0.25, 0.3) is 0 Å². The lowest BCUT2D eigenvalue weighted by Gasteiger charge is -2.24. The Morgan fingerprint density at radius 1 is 1.15 bits per heavy atom. The van der Waals surface area contributed by atoms with Gasteiger partial charge in [0.1, 0.15) is 12.1 Å². The molecular formula is C18H21Br2N3O3.